The number of fused-ring (bicyclic) bond motifs is 1. The molecule has 42 heavy (non-hydrogen) atoms. The first-order valence-electron chi connectivity index (χ1n) is 13.7. The van der Waals surface area contributed by atoms with Crippen LogP contribution >= 0.6 is 24.0 Å². The lowest BCUT2D eigenvalue weighted by Crippen LogP contribution is -2.58. The van der Waals surface area contributed by atoms with Gasteiger partial charge in [-0.05, 0) is 62.1 Å². The van der Waals surface area contributed by atoms with Crippen molar-refractivity contribution >= 4 is 64.0 Å². The molecule has 2 aromatic carbocycles. The van der Waals surface area contributed by atoms with Crippen LogP contribution in [-0.4, -0.2) is 64.2 Å². The number of amides is 2. The van der Waals surface area contributed by atoms with Gasteiger partial charge in [-0.25, -0.2) is 14.4 Å². The molecule has 1 aliphatic rings. The Bertz CT molecular complexity index is 1460. The van der Waals surface area contributed by atoms with Gasteiger partial charge in [-0.2, -0.15) is 0 Å². The fourth-order valence-electron chi connectivity index (χ4n) is 4.94. The zero-order chi connectivity index (χ0) is 29.9. The Morgan fingerprint density at radius 1 is 1.17 bits per heavy atom. The zero-order valence-electron chi connectivity index (χ0n) is 24.3. The van der Waals surface area contributed by atoms with Crippen LogP contribution in [-0.2, 0) is 20.8 Å². The molecule has 2 heterocycles. The smallest absolute Gasteiger partial charge is 0.246 e. The number of rotatable bonds is 9. The fraction of sp³-hybridized carbons (Fsp3) is 0.433. The van der Waals surface area contributed by atoms with Crippen molar-refractivity contribution in [2.75, 3.05) is 18.9 Å². The number of likely N-dealkylation sites (tertiary alicyclic amines) is 1. The molecule has 4 rings (SSSR count). The number of anilines is 2. The number of carbonyl (C=O) groups is 3. The van der Waals surface area contributed by atoms with E-state index in [0.717, 1.165) is 5.56 Å². The lowest BCUT2D eigenvalue weighted by atomic mass is 9.85. The molecule has 0 aliphatic carbocycles. The third-order valence-electron chi connectivity index (χ3n) is 7.42. The summed E-state index contributed by atoms with van der Waals surface area (Å²) in [6, 6.07) is 8.21. The molecule has 1 aromatic heterocycles. The number of hydrogen-bond donors (Lipinski definition) is 3. The van der Waals surface area contributed by atoms with Crippen molar-refractivity contribution in [3.8, 4) is 0 Å². The maximum Gasteiger partial charge on any atom is 0.246 e. The minimum Gasteiger partial charge on any atom is -0.342 e. The Labute approximate surface area is 256 Å². The molecule has 9 nitrogen and oxygen atoms in total. The maximum atomic E-state index is 14.5. The van der Waals surface area contributed by atoms with Gasteiger partial charge in [0.2, 0.25) is 11.8 Å². The monoisotopic (exact) mass is 618 g/mol. The maximum absolute atomic E-state index is 14.5. The second kappa shape index (κ2) is 13.8. The normalized spacial score (nSPS) is 16.5. The van der Waals surface area contributed by atoms with E-state index in [4.69, 9.17) is 11.6 Å². The van der Waals surface area contributed by atoms with Crippen LogP contribution in [0, 0.1) is 11.2 Å². The molecule has 0 saturated carbocycles. The van der Waals surface area contributed by atoms with Crippen LogP contribution in [0.1, 0.15) is 46.1 Å². The topological polar surface area (TPSA) is 116 Å². The van der Waals surface area contributed by atoms with Crippen LogP contribution in [0.4, 0.5) is 15.9 Å². The van der Waals surface area contributed by atoms with Crippen molar-refractivity contribution in [2.45, 2.75) is 65.1 Å². The van der Waals surface area contributed by atoms with Crippen molar-refractivity contribution in [3.63, 3.8) is 0 Å². The van der Waals surface area contributed by atoms with E-state index in [1.165, 1.54) is 12.4 Å². The molecule has 1 saturated heterocycles. The molecular weight excluding hydrogens is 582 g/mol. The molecule has 0 bridgehead atoms. The van der Waals surface area contributed by atoms with Gasteiger partial charge >= 0.3 is 0 Å². The highest BCUT2D eigenvalue weighted by molar-refractivity contribution is 6.31. The SMILES string of the molecule is CN[C@@H](C)C(=O)N[C@H](C(=O)N1CCC[C@H]1C(=O)Cc1ccc2ncnc(Nc3cccc(Cl)c3F)c2c1)C(C)(C)C.Cl. The van der Waals surface area contributed by atoms with Crippen LogP contribution in [0.2, 0.25) is 5.02 Å². The first-order valence-corrected chi connectivity index (χ1v) is 14.0. The minimum atomic E-state index is -0.780. The summed E-state index contributed by atoms with van der Waals surface area (Å²) in [4.78, 5) is 50.1. The van der Waals surface area contributed by atoms with Crippen LogP contribution in [0.15, 0.2) is 42.7 Å². The Morgan fingerprint density at radius 2 is 1.90 bits per heavy atom. The number of benzene rings is 2. The molecule has 0 radical (unpaired) electrons. The molecule has 3 N–H and O–H groups in total. The van der Waals surface area contributed by atoms with Crippen molar-refractivity contribution in [2.24, 2.45) is 5.41 Å². The number of ketones is 1. The number of Topliss-reactive ketones (excluding diaryl/α,β-unsaturated/α-hetero) is 1. The van der Waals surface area contributed by atoms with Gasteiger partial charge in [0, 0.05) is 18.4 Å². The molecule has 1 fully saturated rings. The summed E-state index contributed by atoms with van der Waals surface area (Å²) < 4.78 is 14.5. The number of hydrogen-bond acceptors (Lipinski definition) is 7. The largest absolute Gasteiger partial charge is 0.342 e. The molecule has 0 spiro atoms. The molecule has 1 aliphatic heterocycles. The average molecular weight is 620 g/mol. The lowest BCUT2D eigenvalue weighted by molar-refractivity contribution is -0.143. The number of nitrogens with one attached hydrogen (secondary N) is 3. The number of likely N-dealkylation sites (N-methyl/N-ethyl adjacent to an activating group) is 1. The number of carbonyl (C=O) groups excluding carboxylic acids is 3. The molecule has 3 aromatic rings. The average Bonchev–Trinajstić information content (AvgIpc) is 3.43. The quantitative estimate of drug-likeness (QED) is 0.314. The highest BCUT2D eigenvalue weighted by atomic mass is 35.5. The Hall–Kier alpha value is -3.34. The Morgan fingerprint density at radius 3 is 2.60 bits per heavy atom. The molecule has 12 heteroatoms. The summed E-state index contributed by atoms with van der Waals surface area (Å²) in [6.07, 6.45) is 2.72. The van der Waals surface area contributed by atoms with E-state index in [0.29, 0.717) is 36.1 Å². The predicted octanol–water partition coefficient (Wildman–Crippen LogP) is 4.83. The first kappa shape index (κ1) is 33.2. The van der Waals surface area contributed by atoms with Gasteiger partial charge in [-0.1, -0.05) is 44.5 Å². The lowest BCUT2D eigenvalue weighted by Gasteiger charge is -2.36. The second-order valence-corrected chi connectivity index (χ2v) is 11.9. The van der Waals surface area contributed by atoms with Crippen LogP contribution in [0.25, 0.3) is 10.9 Å². The standard InChI is InChI=1S/C30H36ClFN6O3.ClH/c1-17(33-5)28(40)37-26(30(2,3)4)29(41)38-13-7-10-23(38)24(39)15-18-11-12-21-19(14-18)27(35-16-34-21)36-22-9-6-8-20(31)25(22)32;/h6,8-9,11-12,14,16-17,23,26,33H,7,10,13,15H2,1-5H3,(H,37,40)(H,34,35,36);1H/t17-,23-,26+;/m0./s1. The summed E-state index contributed by atoms with van der Waals surface area (Å²) in [5.41, 5.74) is 0.956. The van der Waals surface area contributed by atoms with E-state index < -0.39 is 29.4 Å². The highest BCUT2D eigenvalue weighted by Crippen LogP contribution is 2.30. The number of halogens is 3. The van der Waals surface area contributed by atoms with Crippen LogP contribution in [0.5, 0.6) is 0 Å². The van der Waals surface area contributed by atoms with Gasteiger partial charge in [-0.3, -0.25) is 14.4 Å². The molecule has 2 amide bonds. The van der Waals surface area contributed by atoms with Gasteiger partial charge in [0.1, 0.15) is 18.2 Å². The van der Waals surface area contributed by atoms with Gasteiger partial charge in [0.05, 0.1) is 28.3 Å². The van der Waals surface area contributed by atoms with Gasteiger partial charge in [0.25, 0.3) is 0 Å². The van der Waals surface area contributed by atoms with E-state index >= 15 is 0 Å². The van der Waals surface area contributed by atoms with Crippen molar-refractivity contribution in [1.29, 1.82) is 0 Å². The predicted molar refractivity (Wildman–Crippen MR) is 165 cm³/mol. The summed E-state index contributed by atoms with van der Waals surface area (Å²) in [5, 5.41) is 9.36. The summed E-state index contributed by atoms with van der Waals surface area (Å²) in [5.74, 6) is -0.841. The Balaban J connectivity index is 0.00000484. The zero-order valence-corrected chi connectivity index (χ0v) is 25.9. The van der Waals surface area contributed by atoms with E-state index in [1.54, 1.807) is 43.1 Å². The fourth-order valence-corrected chi connectivity index (χ4v) is 5.11. The second-order valence-electron chi connectivity index (χ2n) is 11.5. The van der Waals surface area contributed by atoms with Crippen LogP contribution < -0.4 is 16.0 Å². The van der Waals surface area contributed by atoms with Gasteiger partial charge in [-0.15, -0.1) is 12.4 Å². The summed E-state index contributed by atoms with van der Waals surface area (Å²) in [6.45, 7) is 7.85. The first-order chi connectivity index (χ1) is 19.4. The summed E-state index contributed by atoms with van der Waals surface area (Å²) in [7, 11) is 1.68. The van der Waals surface area contributed by atoms with Crippen molar-refractivity contribution < 1.29 is 18.8 Å². The van der Waals surface area contributed by atoms with Crippen LogP contribution in [0.3, 0.4) is 0 Å². The molecule has 3 atom stereocenters. The summed E-state index contributed by atoms with van der Waals surface area (Å²) >= 11 is 5.93. The van der Waals surface area contributed by atoms with E-state index in [9.17, 15) is 18.8 Å². The minimum absolute atomic E-state index is 0. The van der Waals surface area contributed by atoms with Gasteiger partial charge in [0.15, 0.2) is 11.6 Å². The van der Waals surface area contributed by atoms with E-state index in [1.807, 2.05) is 26.8 Å². The highest BCUT2D eigenvalue weighted by Gasteiger charge is 2.42. The number of aromatic nitrogens is 2. The molecular formula is C30H37Cl2FN6O3. The third-order valence-corrected chi connectivity index (χ3v) is 7.71. The third kappa shape index (κ3) is 7.35. The van der Waals surface area contributed by atoms with Crippen molar-refractivity contribution in [3.05, 3.63) is 59.1 Å². The number of nitrogens with zero attached hydrogens (tertiary/aromatic N) is 3. The van der Waals surface area contributed by atoms with Gasteiger partial charge < -0.3 is 20.9 Å². The molecule has 0 unspecified atom stereocenters. The Kier molecular flexibility index (Phi) is 10.9. The van der Waals surface area contributed by atoms with Crippen molar-refractivity contribution in [1.82, 2.24) is 25.5 Å². The van der Waals surface area contributed by atoms with E-state index in [-0.39, 0.29) is 47.1 Å². The molecule has 226 valence electrons. The van der Waals surface area contributed by atoms with E-state index in [2.05, 4.69) is 25.9 Å².